The number of hydrogen-bond donors (Lipinski definition) is 2. The second kappa shape index (κ2) is 3.69. The molecule has 0 aromatic rings. The van der Waals surface area contributed by atoms with Gasteiger partial charge in [0, 0.05) is 12.6 Å². The molecule has 0 radical (unpaired) electrons. The Morgan fingerprint density at radius 1 is 1.73 bits per heavy atom. The molecule has 0 aromatic heterocycles. The van der Waals surface area contributed by atoms with E-state index in [-0.39, 0.29) is 12.0 Å². The first-order valence-electron chi connectivity index (χ1n) is 3.82. The van der Waals surface area contributed by atoms with Crippen molar-refractivity contribution in [3.05, 3.63) is 0 Å². The number of esters is 1. The van der Waals surface area contributed by atoms with E-state index in [1.807, 2.05) is 0 Å². The van der Waals surface area contributed by atoms with Gasteiger partial charge < -0.3 is 15.8 Å². The van der Waals surface area contributed by atoms with Crippen molar-refractivity contribution in [1.29, 1.82) is 0 Å². The minimum Gasteiger partial charge on any atom is -0.468 e. The van der Waals surface area contributed by atoms with Crippen LogP contribution < -0.4 is 11.1 Å². The molecule has 1 heterocycles. The van der Waals surface area contributed by atoms with Crippen LogP contribution in [-0.4, -0.2) is 31.7 Å². The Labute approximate surface area is 66.1 Å². The van der Waals surface area contributed by atoms with Crippen molar-refractivity contribution in [3.63, 3.8) is 0 Å². The molecular formula is C7H14N2O2. The average Bonchev–Trinajstić information content (AvgIpc) is 2.50. The fourth-order valence-corrected chi connectivity index (χ4v) is 1.33. The SMILES string of the molecule is COC(=O)[C@@H]1CC[C@H](CN)N1. The summed E-state index contributed by atoms with van der Waals surface area (Å²) < 4.78 is 4.58. The summed E-state index contributed by atoms with van der Waals surface area (Å²) in [5.41, 5.74) is 5.42. The predicted molar refractivity (Wildman–Crippen MR) is 41.0 cm³/mol. The number of ether oxygens (including phenoxy) is 1. The largest absolute Gasteiger partial charge is 0.468 e. The molecule has 1 fully saturated rings. The number of methoxy groups -OCH3 is 1. The molecule has 2 atom stereocenters. The second-order valence-electron chi connectivity index (χ2n) is 2.75. The summed E-state index contributed by atoms with van der Waals surface area (Å²) in [5, 5.41) is 3.09. The lowest BCUT2D eigenvalue weighted by Crippen LogP contribution is -2.39. The number of nitrogens with one attached hydrogen (secondary N) is 1. The number of nitrogens with two attached hydrogens (primary N) is 1. The van der Waals surface area contributed by atoms with Crippen LogP contribution in [0.25, 0.3) is 0 Å². The van der Waals surface area contributed by atoms with E-state index in [9.17, 15) is 4.79 Å². The van der Waals surface area contributed by atoms with Gasteiger partial charge in [-0.2, -0.15) is 0 Å². The minimum atomic E-state index is -0.180. The van der Waals surface area contributed by atoms with Crippen molar-refractivity contribution in [2.75, 3.05) is 13.7 Å². The summed E-state index contributed by atoms with van der Waals surface area (Å²) in [6.07, 6.45) is 1.81. The van der Waals surface area contributed by atoms with Crippen LogP contribution in [0, 0.1) is 0 Å². The van der Waals surface area contributed by atoms with Gasteiger partial charge >= 0.3 is 5.97 Å². The molecule has 4 heteroatoms. The third-order valence-electron chi connectivity index (χ3n) is 2.01. The van der Waals surface area contributed by atoms with Crippen LogP contribution in [0.1, 0.15) is 12.8 Å². The summed E-state index contributed by atoms with van der Waals surface area (Å²) in [7, 11) is 1.40. The van der Waals surface area contributed by atoms with Crippen LogP contribution in [0.3, 0.4) is 0 Å². The highest BCUT2D eigenvalue weighted by molar-refractivity contribution is 5.76. The molecule has 1 rings (SSSR count). The van der Waals surface area contributed by atoms with Crippen LogP contribution in [0.2, 0.25) is 0 Å². The zero-order valence-corrected chi connectivity index (χ0v) is 6.67. The van der Waals surface area contributed by atoms with E-state index in [2.05, 4.69) is 10.1 Å². The Bertz CT molecular complexity index is 149. The Kier molecular flexibility index (Phi) is 2.84. The first-order chi connectivity index (χ1) is 5.27. The van der Waals surface area contributed by atoms with Crippen LogP contribution in [0.4, 0.5) is 0 Å². The molecule has 3 N–H and O–H groups in total. The van der Waals surface area contributed by atoms with E-state index in [0.29, 0.717) is 12.6 Å². The lowest BCUT2D eigenvalue weighted by atomic mass is 10.2. The van der Waals surface area contributed by atoms with Gasteiger partial charge in [-0.1, -0.05) is 0 Å². The molecule has 1 aliphatic rings. The molecule has 0 unspecified atom stereocenters. The van der Waals surface area contributed by atoms with E-state index >= 15 is 0 Å². The zero-order chi connectivity index (χ0) is 8.27. The highest BCUT2D eigenvalue weighted by Crippen LogP contribution is 2.11. The Morgan fingerprint density at radius 2 is 2.45 bits per heavy atom. The third-order valence-corrected chi connectivity index (χ3v) is 2.01. The first kappa shape index (κ1) is 8.49. The molecule has 64 valence electrons. The Balaban J connectivity index is 2.35. The quantitative estimate of drug-likeness (QED) is 0.518. The molecular weight excluding hydrogens is 144 g/mol. The van der Waals surface area contributed by atoms with Gasteiger partial charge in [-0.3, -0.25) is 4.79 Å². The number of carbonyl (C=O) groups excluding carboxylic acids is 1. The summed E-state index contributed by atoms with van der Waals surface area (Å²) in [6, 6.07) is 0.160. The fourth-order valence-electron chi connectivity index (χ4n) is 1.33. The molecule has 0 bridgehead atoms. The third kappa shape index (κ3) is 1.91. The van der Waals surface area contributed by atoms with Crippen molar-refractivity contribution >= 4 is 5.97 Å². The van der Waals surface area contributed by atoms with Gasteiger partial charge in [0.05, 0.1) is 7.11 Å². The second-order valence-corrected chi connectivity index (χ2v) is 2.75. The highest BCUT2D eigenvalue weighted by atomic mass is 16.5. The number of rotatable bonds is 2. The van der Waals surface area contributed by atoms with E-state index in [0.717, 1.165) is 12.8 Å². The van der Waals surface area contributed by atoms with Crippen LogP contribution in [0.5, 0.6) is 0 Å². The van der Waals surface area contributed by atoms with E-state index in [1.165, 1.54) is 7.11 Å². The van der Waals surface area contributed by atoms with Gasteiger partial charge in [-0.25, -0.2) is 0 Å². The van der Waals surface area contributed by atoms with Crippen molar-refractivity contribution in [2.45, 2.75) is 24.9 Å². The smallest absolute Gasteiger partial charge is 0.322 e. The summed E-state index contributed by atoms with van der Waals surface area (Å²) in [4.78, 5) is 11.0. The standard InChI is InChI=1S/C7H14N2O2/c1-11-7(10)6-3-2-5(4-8)9-6/h5-6,9H,2-4,8H2,1H3/t5-,6+/m1/s1. The predicted octanol–water partition coefficient (Wildman–Crippen LogP) is -0.761. The maximum absolute atomic E-state index is 11.0. The van der Waals surface area contributed by atoms with Gasteiger partial charge in [0.2, 0.25) is 0 Å². The minimum absolute atomic E-state index is 0.131. The van der Waals surface area contributed by atoms with Gasteiger partial charge in [0.25, 0.3) is 0 Å². The first-order valence-corrected chi connectivity index (χ1v) is 3.82. The summed E-state index contributed by atoms with van der Waals surface area (Å²) in [6.45, 7) is 0.591. The van der Waals surface area contributed by atoms with Crippen molar-refractivity contribution in [3.8, 4) is 0 Å². The van der Waals surface area contributed by atoms with Gasteiger partial charge in [-0.05, 0) is 12.8 Å². The lowest BCUT2D eigenvalue weighted by Gasteiger charge is -2.09. The number of hydrogen-bond acceptors (Lipinski definition) is 4. The number of carbonyl (C=O) groups is 1. The van der Waals surface area contributed by atoms with Gasteiger partial charge in [-0.15, -0.1) is 0 Å². The maximum Gasteiger partial charge on any atom is 0.322 e. The van der Waals surface area contributed by atoms with Crippen molar-refractivity contribution in [1.82, 2.24) is 5.32 Å². The molecule has 1 saturated heterocycles. The monoisotopic (exact) mass is 158 g/mol. The molecule has 0 aliphatic carbocycles. The van der Waals surface area contributed by atoms with Crippen LogP contribution in [0.15, 0.2) is 0 Å². The molecule has 0 amide bonds. The molecule has 0 spiro atoms. The van der Waals surface area contributed by atoms with Crippen LogP contribution >= 0.6 is 0 Å². The van der Waals surface area contributed by atoms with E-state index in [1.54, 1.807) is 0 Å². The normalized spacial score (nSPS) is 30.4. The topological polar surface area (TPSA) is 64.3 Å². The lowest BCUT2D eigenvalue weighted by molar-refractivity contribution is -0.142. The van der Waals surface area contributed by atoms with E-state index < -0.39 is 0 Å². The highest BCUT2D eigenvalue weighted by Gasteiger charge is 2.28. The average molecular weight is 158 g/mol. The molecule has 11 heavy (non-hydrogen) atoms. The molecule has 0 aromatic carbocycles. The Morgan fingerprint density at radius 3 is 2.91 bits per heavy atom. The zero-order valence-electron chi connectivity index (χ0n) is 6.67. The van der Waals surface area contributed by atoms with Crippen molar-refractivity contribution in [2.24, 2.45) is 5.73 Å². The maximum atomic E-state index is 11.0. The van der Waals surface area contributed by atoms with Gasteiger partial charge in [0.1, 0.15) is 6.04 Å². The molecule has 1 aliphatic heterocycles. The Hall–Kier alpha value is -0.610. The van der Waals surface area contributed by atoms with Crippen LogP contribution in [-0.2, 0) is 9.53 Å². The molecule has 4 nitrogen and oxygen atoms in total. The summed E-state index contributed by atoms with van der Waals surface area (Å²) >= 11 is 0. The fraction of sp³-hybridized carbons (Fsp3) is 0.857. The van der Waals surface area contributed by atoms with Crippen molar-refractivity contribution < 1.29 is 9.53 Å². The summed E-state index contributed by atoms with van der Waals surface area (Å²) in [5.74, 6) is -0.180. The molecule has 0 saturated carbocycles. The van der Waals surface area contributed by atoms with Gasteiger partial charge in [0.15, 0.2) is 0 Å². The van der Waals surface area contributed by atoms with E-state index in [4.69, 9.17) is 5.73 Å².